The molecule has 2 saturated heterocycles. The minimum absolute atomic E-state index is 0.165. The standard InChI is InChI=1S/C18H27N3O3S/c1-13-8-14(2)10-15(9-13)20-18(22)17-11-16(12-19-17)25(23,24)21-6-4-3-5-7-21/h8-10,16-17,19H,3-7,11-12H2,1-2H3,(H,20,22). The molecule has 1 amide bonds. The average molecular weight is 365 g/mol. The summed E-state index contributed by atoms with van der Waals surface area (Å²) in [6, 6.07) is 5.42. The molecule has 0 bridgehead atoms. The molecule has 1 aromatic rings. The molecule has 2 aliphatic rings. The van der Waals surface area contributed by atoms with Gasteiger partial charge in [-0.2, -0.15) is 0 Å². The van der Waals surface area contributed by atoms with Crippen LogP contribution in [-0.4, -0.2) is 49.6 Å². The van der Waals surface area contributed by atoms with Crippen molar-refractivity contribution in [3.63, 3.8) is 0 Å². The van der Waals surface area contributed by atoms with Crippen LogP contribution in [0.1, 0.15) is 36.8 Å². The van der Waals surface area contributed by atoms with Gasteiger partial charge >= 0.3 is 0 Å². The molecule has 0 spiro atoms. The molecule has 2 fully saturated rings. The highest BCUT2D eigenvalue weighted by molar-refractivity contribution is 7.89. The molecule has 1 aromatic carbocycles. The number of amides is 1. The molecule has 3 rings (SSSR count). The number of anilines is 1. The second kappa shape index (κ2) is 7.43. The number of benzene rings is 1. The lowest BCUT2D eigenvalue weighted by Crippen LogP contribution is -2.42. The van der Waals surface area contributed by atoms with E-state index in [2.05, 4.69) is 10.6 Å². The van der Waals surface area contributed by atoms with E-state index >= 15 is 0 Å². The van der Waals surface area contributed by atoms with Crippen molar-refractivity contribution in [2.75, 3.05) is 25.0 Å². The molecular weight excluding hydrogens is 338 g/mol. The number of carbonyl (C=O) groups excluding carboxylic acids is 1. The number of hydrogen-bond donors (Lipinski definition) is 2. The first-order valence-corrected chi connectivity index (χ1v) is 10.5. The molecule has 0 aromatic heterocycles. The van der Waals surface area contributed by atoms with Gasteiger partial charge in [-0.15, -0.1) is 0 Å². The van der Waals surface area contributed by atoms with Crippen molar-refractivity contribution in [3.05, 3.63) is 29.3 Å². The summed E-state index contributed by atoms with van der Waals surface area (Å²) < 4.78 is 27.1. The Hall–Kier alpha value is -1.44. The first-order chi connectivity index (χ1) is 11.9. The Balaban J connectivity index is 1.62. The van der Waals surface area contributed by atoms with Crippen molar-refractivity contribution < 1.29 is 13.2 Å². The predicted molar refractivity (Wildman–Crippen MR) is 99.1 cm³/mol. The van der Waals surface area contributed by atoms with Crippen molar-refractivity contribution in [2.24, 2.45) is 0 Å². The molecule has 25 heavy (non-hydrogen) atoms. The maximum atomic E-state index is 12.8. The fourth-order valence-corrected chi connectivity index (χ4v) is 5.67. The van der Waals surface area contributed by atoms with Gasteiger partial charge in [-0.25, -0.2) is 12.7 Å². The summed E-state index contributed by atoms with van der Waals surface area (Å²) in [5.74, 6) is -0.165. The molecule has 2 heterocycles. The second-order valence-corrected chi connectivity index (χ2v) is 9.40. The number of sulfonamides is 1. The van der Waals surface area contributed by atoms with Crippen LogP contribution in [-0.2, 0) is 14.8 Å². The van der Waals surface area contributed by atoms with Gasteiger partial charge in [0, 0.05) is 25.3 Å². The maximum Gasteiger partial charge on any atom is 0.241 e. The van der Waals surface area contributed by atoms with Crippen molar-refractivity contribution in [1.29, 1.82) is 0 Å². The summed E-state index contributed by atoms with van der Waals surface area (Å²) in [7, 11) is -3.32. The Kier molecular flexibility index (Phi) is 5.46. The third-order valence-corrected chi connectivity index (χ3v) is 7.28. The van der Waals surface area contributed by atoms with Crippen LogP contribution in [0.3, 0.4) is 0 Å². The fraction of sp³-hybridized carbons (Fsp3) is 0.611. The van der Waals surface area contributed by atoms with Crippen LogP contribution in [0.25, 0.3) is 0 Å². The Morgan fingerprint density at radius 3 is 2.40 bits per heavy atom. The Morgan fingerprint density at radius 1 is 1.12 bits per heavy atom. The van der Waals surface area contributed by atoms with E-state index in [1.165, 1.54) is 0 Å². The van der Waals surface area contributed by atoms with E-state index in [-0.39, 0.29) is 5.91 Å². The summed E-state index contributed by atoms with van der Waals surface area (Å²) in [4.78, 5) is 12.5. The first-order valence-electron chi connectivity index (χ1n) is 8.98. The molecule has 0 saturated carbocycles. The largest absolute Gasteiger partial charge is 0.325 e. The van der Waals surface area contributed by atoms with Crippen LogP contribution in [0.4, 0.5) is 5.69 Å². The number of carbonyl (C=O) groups is 1. The zero-order valence-corrected chi connectivity index (χ0v) is 15.7. The van der Waals surface area contributed by atoms with Gasteiger partial charge < -0.3 is 10.6 Å². The number of rotatable bonds is 4. The SMILES string of the molecule is Cc1cc(C)cc(NC(=O)C2CC(S(=O)(=O)N3CCCCC3)CN2)c1. The molecule has 2 atom stereocenters. The van der Waals surface area contributed by atoms with E-state index in [1.54, 1.807) is 4.31 Å². The lowest BCUT2D eigenvalue weighted by molar-refractivity contribution is -0.117. The van der Waals surface area contributed by atoms with Gasteiger partial charge in [-0.1, -0.05) is 12.5 Å². The smallest absolute Gasteiger partial charge is 0.241 e. The number of aryl methyl sites for hydroxylation is 2. The molecular formula is C18H27N3O3S. The lowest BCUT2D eigenvalue weighted by atomic mass is 10.1. The van der Waals surface area contributed by atoms with Gasteiger partial charge in [0.2, 0.25) is 15.9 Å². The average Bonchev–Trinajstić information content (AvgIpc) is 3.05. The Labute approximate surface area is 150 Å². The van der Waals surface area contributed by atoms with Crippen molar-refractivity contribution in [2.45, 2.75) is 50.8 Å². The molecule has 2 aliphatic heterocycles. The third kappa shape index (κ3) is 4.22. The summed E-state index contributed by atoms with van der Waals surface area (Å²) >= 11 is 0. The van der Waals surface area contributed by atoms with Gasteiger partial charge in [0.15, 0.2) is 0 Å². The van der Waals surface area contributed by atoms with Crippen LogP contribution in [0.15, 0.2) is 18.2 Å². The van der Waals surface area contributed by atoms with E-state index in [4.69, 9.17) is 0 Å². The zero-order valence-electron chi connectivity index (χ0n) is 14.9. The summed E-state index contributed by atoms with van der Waals surface area (Å²) in [6.07, 6.45) is 3.28. The van der Waals surface area contributed by atoms with E-state index in [1.807, 2.05) is 32.0 Å². The molecule has 0 aliphatic carbocycles. The number of nitrogens with zero attached hydrogens (tertiary/aromatic N) is 1. The maximum absolute atomic E-state index is 12.8. The number of nitrogens with one attached hydrogen (secondary N) is 2. The Bertz CT molecular complexity index is 722. The minimum Gasteiger partial charge on any atom is -0.325 e. The Morgan fingerprint density at radius 2 is 1.76 bits per heavy atom. The highest BCUT2D eigenvalue weighted by atomic mass is 32.2. The molecule has 6 nitrogen and oxygen atoms in total. The first kappa shape index (κ1) is 18.4. The van der Waals surface area contributed by atoms with Crippen LogP contribution in [0.2, 0.25) is 0 Å². The topological polar surface area (TPSA) is 78.5 Å². The minimum atomic E-state index is -3.32. The van der Waals surface area contributed by atoms with E-state index in [9.17, 15) is 13.2 Å². The van der Waals surface area contributed by atoms with E-state index in [0.717, 1.165) is 36.1 Å². The van der Waals surface area contributed by atoms with E-state index < -0.39 is 21.3 Å². The normalized spacial score (nSPS) is 25.0. The van der Waals surface area contributed by atoms with Gasteiger partial charge in [-0.3, -0.25) is 4.79 Å². The summed E-state index contributed by atoms with van der Waals surface area (Å²) in [6.45, 7) is 5.52. The van der Waals surface area contributed by atoms with Gasteiger partial charge in [0.25, 0.3) is 0 Å². The number of piperidine rings is 1. The summed E-state index contributed by atoms with van der Waals surface area (Å²) in [5, 5.41) is 5.48. The van der Waals surface area contributed by atoms with Crippen molar-refractivity contribution in [3.8, 4) is 0 Å². The monoisotopic (exact) mass is 365 g/mol. The molecule has 2 N–H and O–H groups in total. The van der Waals surface area contributed by atoms with Crippen molar-refractivity contribution >= 4 is 21.6 Å². The van der Waals surface area contributed by atoms with Crippen LogP contribution in [0, 0.1) is 13.8 Å². The highest BCUT2D eigenvalue weighted by Crippen LogP contribution is 2.23. The highest BCUT2D eigenvalue weighted by Gasteiger charge is 2.40. The number of hydrogen-bond acceptors (Lipinski definition) is 4. The van der Waals surface area contributed by atoms with E-state index in [0.29, 0.717) is 26.1 Å². The predicted octanol–water partition coefficient (Wildman–Crippen LogP) is 1.79. The molecule has 138 valence electrons. The van der Waals surface area contributed by atoms with Gasteiger partial charge in [0.1, 0.15) is 0 Å². The summed E-state index contributed by atoms with van der Waals surface area (Å²) in [5.41, 5.74) is 2.92. The zero-order chi connectivity index (χ0) is 18.0. The van der Waals surface area contributed by atoms with Crippen LogP contribution < -0.4 is 10.6 Å². The molecule has 2 unspecified atom stereocenters. The van der Waals surface area contributed by atoms with Gasteiger partial charge in [-0.05, 0) is 56.4 Å². The molecule has 7 heteroatoms. The molecule has 0 radical (unpaired) electrons. The third-order valence-electron chi connectivity index (χ3n) is 4.99. The van der Waals surface area contributed by atoms with Crippen molar-refractivity contribution in [1.82, 2.24) is 9.62 Å². The lowest BCUT2D eigenvalue weighted by Gasteiger charge is -2.28. The fourth-order valence-electron chi connectivity index (χ4n) is 3.74. The van der Waals surface area contributed by atoms with Gasteiger partial charge in [0.05, 0.1) is 11.3 Å². The quantitative estimate of drug-likeness (QED) is 0.853. The van der Waals surface area contributed by atoms with Crippen LogP contribution in [0.5, 0.6) is 0 Å². The van der Waals surface area contributed by atoms with Crippen LogP contribution >= 0.6 is 0 Å². The second-order valence-electron chi connectivity index (χ2n) is 7.19.